The number of aromatic nitrogens is 2. The Labute approximate surface area is 199 Å². The summed E-state index contributed by atoms with van der Waals surface area (Å²) in [7, 11) is 0. The molecule has 6 heteroatoms. The average Bonchev–Trinajstić information content (AvgIpc) is 3.18. The van der Waals surface area contributed by atoms with Crippen LogP contribution in [0.5, 0.6) is 0 Å². The number of hydrogen-bond acceptors (Lipinski definition) is 3. The molecule has 0 spiro atoms. The van der Waals surface area contributed by atoms with E-state index in [0.29, 0.717) is 5.91 Å². The Morgan fingerprint density at radius 1 is 1.16 bits per heavy atom. The van der Waals surface area contributed by atoms with E-state index in [-0.39, 0.29) is 5.92 Å². The number of amides is 1. The molecule has 1 atom stereocenters. The summed E-state index contributed by atoms with van der Waals surface area (Å²) in [4.78, 5) is 22.6. The summed E-state index contributed by atoms with van der Waals surface area (Å²) in [5.74, 6) is 1.44. The van der Waals surface area contributed by atoms with E-state index in [1.54, 1.807) is 0 Å². The third-order valence-corrected chi connectivity index (χ3v) is 6.94. The van der Waals surface area contributed by atoms with Crippen LogP contribution < -0.4 is 0 Å². The molecule has 1 fully saturated rings. The van der Waals surface area contributed by atoms with E-state index < -0.39 is 0 Å². The van der Waals surface area contributed by atoms with E-state index in [1.165, 1.54) is 0 Å². The van der Waals surface area contributed by atoms with Crippen LogP contribution in [-0.2, 0) is 11.3 Å². The van der Waals surface area contributed by atoms with Crippen molar-refractivity contribution >= 4 is 32.9 Å². The SMILES string of the molecule is CCCCN(CC)C(=O)[C@H]1CCCN(Cc2nc3ccccc3n2-c2ccc(Br)cc2)C1. The smallest absolute Gasteiger partial charge is 0.226 e. The van der Waals surface area contributed by atoms with Crippen LogP contribution in [0.3, 0.4) is 0 Å². The Hall–Kier alpha value is -2.18. The van der Waals surface area contributed by atoms with Gasteiger partial charge in [0, 0.05) is 29.8 Å². The molecule has 1 amide bonds. The van der Waals surface area contributed by atoms with Gasteiger partial charge in [0.1, 0.15) is 5.82 Å². The number of imidazole rings is 1. The molecule has 0 radical (unpaired) electrons. The van der Waals surface area contributed by atoms with Gasteiger partial charge in [0.25, 0.3) is 0 Å². The van der Waals surface area contributed by atoms with Gasteiger partial charge in [0.15, 0.2) is 0 Å². The maximum absolute atomic E-state index is 13.2. The minimum absolute atomic E-state index is 0.0889. The molecule has 32 heavy (non-hydrogen) atoms. The van der Waals surface area contributed by atoms with Crippen LogP contribution in [0.2, 0.25) is 0 Å². The van der Waals surface area contributed by atoms with Crippen LogP contribution in [-0.4, -0.2) is 51.4 Å². The van der Waals surface area contributed by atoms with Crippen molar-refractivity contribution in [2.24, 2.45) is 5.92 Å². The number of carbonyl (C=O) groups excluding carboxylic acids is 1. The highest BCUT2D eigenvalue weighted by molar-refractivity contribution is 9.10. The highest BCUT2D eigenvalue weighted by Gasteiger charge is 2.29. The predicted molar refractivity (Wildman–Crippen MR) is 134 cm³/mol. The summed E-state index contributed by atoms with van der Waals surface area (Å²) in [5.41, 5.74) is 3.23. The molecule has 2 aromatic carbocycles. The first-order chi connectivity index (χ1) is 15.6. The number of piperidine rings is 1. The lowest BCUT2D eigenvalue weighted by molar-refractivity contribution is -0.137. The molecule has 5 nitrogen and oxygen atoms in total. The fourth-order valence-electron chi connectivity index (χ4n) is 4.69. The highest BCUT2D eigenvalue weighted by atomic mass is 79.9. The third-order valence-electron chi connectivity index (χ3n) is 6.41. The first-order valence-corrected chi connectivity index (χ1v) is 12.6. The van der Waals surface area contributed by atoms with Gasteiger partial charge in [-0.25, -0.2) is 4.98 Å². The normalized spacial score (nSPS) is 17.0. The molecular formula is C26H33BrN4O. The first kappa shape index (κ1) is 23.0. The molecule has 0 bridgehead atoms. The van der Waals surface area contributed by atoms with Crippen LogP contribution in [0.25, 0.3) is 16.7 Å². The fraction of sp³-hybridized carbons (Fsp3) is 0.462. The van der Waals surface area contributed by atoms with Gasteiger partial charge in [-0.1, -0.05) is 41.4 Å². The summed E-state index contributed by atoms with van der Waals surface area (Å²) in [6.07, 6.45) is 4.24. The van der Waals surface area contributed by atoms with E-state index in [2.05, 4.69) is 86.6 Å². The summed E-state index contributed by atoms with van der Waals surface area (Å²) in [6, 6.07) is 16.7. The lowest BCUT2D eigenvalue weighted by Gasteiger charge is -2.34. The van der Waals surface area contributed by atoms with E-state index in [0.717, 1.165) is 85.4 Å². The first-order valence-electron chi connectivity index (χ1n) is 11.8. The third kappa shape index (κ3) is 5.07. The minimum Gasteiger partial charge on any atom is -0.343 e. The van der Waals surface area contributed by atoms with Crippen LogP contribution in [0.15, 0.2) is 53.0 Å². The van der Waals surface area contributed by atoms with Gasteiger partial charge in [-0.2, -0.15) is 0 Å². The largest absolute Gasteiger partial charge is 0.343 e. The van der Waals surface area contributed by atoms with Crippen molar-refractivity contribution in [3.8, 4) is 5.69 Å². The molecule has 0 N–H and O–H groups in total. The van der Waals surface area contributed by atoms with Gasteiger partial charge in [-0.3, -0.25) is 14.3 Å². The Morgan fingerprint density at radius 2 is 1.94 bits per heavy atom. The van der Waals surface area contributed by atoms with Crippen LogP contribution in [0.4, 0.5) is 0 Å². The predicted octanol–water partition coefficient (Wildman–Crippen LogP) is 5.65. The number of para-hydroxylation sites is 2. The van der Waals surface area contributed by atoms with Crippen molar-refractivity contribution in [2.75, 3.05) is 26.2 Å². The molecule has 0 unspecified atom stereocenters. The van der Waals surface area contributed by atoms with E-state index >= 15 is 0 Å². The van der Waals surface area contributed by atoms with E-state index in [4.69, 9.17) is 4.98 Å². The maximum atomic E-state index is 13.2. The zero-order chi connectivity index (χ0) is 22.5. The van der Waals surface area contributed by atoms with Gasteiger partial charge in [0.05, 0.1) is 23.5 Å². The number of fused-ring (bicyclic) bond motifs is 1. The molecular weight excluding hydrogens is 464 g/mol. The van der Waals surface area contributed by atoms with Crippen LogP contribution in [0, 0.1) is 5.92 Å². The molecule has 1 aliphatic heterocycles. The zero-order valence-electron chi connectivity index (χ0n) is 19.1. The maximum Gasteiger partial charge on any atom is 0.226 e. The summed E-state index contributed by atoms with van der Waals surface area (Å²) >= 11 is 3.54. The second kappa shape index (κ2) is 10.6. The van der Waals surface area contributed by atoms with Crippen molar-refractivity contribution in [1.82, 2.24) is 19.4 Å². The van der Waals surface area contributed by atoms with Crippen LogP contribution >= 0.6 is 15.9 Å². The molecule has 1 aromatic heterocycles. The second-order valence-electron chi connectivity index (χ2n) is 8.67. The molecule has 170 valence electrons. The van der Waals surface area contributed by atoms with Gasteiger partial charge >= 0.3 is 0 Å². The Morgan fingerprint density at radius 3 is 2.69 bits per heavy atom. The number of likely N-dealkylation sites (tertiary alicyclic amines) is 1. The quantitative estimate of drug-likeness (QED) is 0.404. The topological polar surface area (TPSA) is 41.4 Å². The number of halogens is 1. The Balaban J connectivity index is 1.56. The van der Waals surface area contributed by atoms with E-state index in [1.807, 2.05) is 6.07 Å². The lowest BCUT2D eigenvalue weighted by Crippen LogP contribution is -2.45. The molecule has 1 saturated heterocycles. The average molecular weight is 497 g/mol. The number of nitrogens with zero attached hydrogens (tertiary/aromatic N) is 4. The Kier molecular flexibility index (Phi) is 7.63. The molecule has 3 aromatic rings. The van der Waals surface area contributed by atoms with Crippen LogP contribution in [0.1, 0.15) is 45.4 Å². The second-order valence-corrected chi connectivity index (χ2v) is 9.59. The number of rotatable bonds is 8. The zero-order valence-corrected chi connectivity index (χ0v) is 20.7. The highest BCUT2D eigenvalue weighted by Crippen LogP contribution is 2.26. The standard InChI is InChI=1S/C26H33BrN4O/c1-3-5-17-30(4-2)26(32)20-9-8-16-29(18-20)19-25-28-23-10-6-7-11-24(23)31(25)22-14-12-21(27)13-15-22/h6-7,10-15,20H,3-5,8-9,16-19H2,1-2H3/t20-/m0/s1. The molecule has 4 rings (SSSR count). The van der Waals surface area contributed by atoms with Crippen molar-refractivity contribution < 1.29 is 4.79 Å². The summed E-state index contributed by atoms with van der Waals surface area (Å²) in [5, 5.41) is 0. The lowest BCUT2D eigenvalue weighted by atomic mass is 9.96. The summed E-state index contributed by atoms with van der Waals surface area (Å²) in [6.45, 7) is 8.51. The van der Waals surface area contributed by atoms with Crippen molar-refractivity contribution in [3.05, 3.63) is 58.8 Å². The monoisotopic (exact) mass is 496 g/mol. The van der Waals surface area contributed by atoms with E-state index in [9.17, 15) is 4.79 Å². The number of carbonyl (C=O) groups is 1. The number of benzene rings is 2. The van der Waals surface area contributed by atoms with Gasteiger partial charge in [-0.05, 0) is 69.1 Å². The van der Waals surface area contributed by atoms with Gasteiger partial charge in [-0.15, -0.1) is 0 Å². The molecule has 0 aliphatic carbocycles. The summed E-state index contributed by atoms with van der Waals surface area (Å²) < 4.78 is 3.32. The molecule has 1 aliphatic rings. The number of unbranched alkanes of at least 4 members (excludes halogenated alkanes) is 1. The van der Waals surface area contributed by atoms with Gasteiger partial charge < -0.3 is 4.90 Å². The van der Waals surface area contributed by atoms with Crippen molar-refractivity contribution in [2.45, 2.75) is 46.1 Å². The van der Waals surface area contributed by atoms with Crippen molar-refractivity contribution in [1.29, 1.82) is 0 Å². The molecule has 0 saturated carbocycles. The fourth-order valence-corrected chi connectivity index (χ4v) is 4.96. The molecule has 2 heterocycles. The Bertz CT molecular complexity index is 1050. The number of hydrogen-bond donors (Lipinski definition) is 0. The minimum atomic E-state index is 0.0889. The van der Waals surface area contributed by atoms with Gasteiger partial charge in [0.2, 0.25) is 5.91 Å². The van der Waals surface area contributed by atoms with Crippen molar-refractivity contribution in [3.63, 3.8) is 0 Å².